The Morgan fingerprint density at radius 2 is 0.750 bits per heavy atom. The average Bonchev–Trinajstić information content (AvgIpc) is 1.00. The molecule has 0 aliphatic rings. The first-order valence-electron chi connectivity index (χ1n) is 0.333. The van der Waals surface area contributed by atoms with Crippen LogP contribution in [0.25, 0.3) is 0 Å². The van der Waals surface area contributed by atoms with Gasteiger partial charge in [-0.2, -0.15) is 0 Å². The molecule has 0 aliphatic carbocycles. The maximum Gasteiger partial charge on any atom is 0 e. The second-order valence-electron chi connectivity index (χ2n) is 0. The molecule has 0 rings (SSSR count). The zero-order valence-corrected chi connectivity index (χ0v) is 10.1. The zero-order valence-electron chi connectivity index (χ0n) is 1.97. The van der Waals surface area contributed by atoms with E-state index in [9.17, 15) is 0 Å². The Morgan fingerprint density at radius 3 is 0.750 bits per heavy atom. The summed E-state index contributed by atoms with van der Waals surface area (Å²) in [6, 6.07) is 0. The number of rotatable bonds is 0. The number of hydrogen-bond acceptors (Lipinski definition) is 0. The molecule has 0 heterocycles. The molecule has 0 radical (unpaired) electrons. The summed E-state index contributed by atoms with van der Waals surface area (Å²) in [5.74, 6) is 0. The van der Waals surface area contributed by atoms with E-state index in [2.05, 4.69) is 17.9 Å². The quantitative estimate of drug-likeness (QED) is 0.492. The predicted octanol–water partition coefficient (Wildman–Crippen LogP) is 0.647. The molecule has 0 fully saturated rings. The van der Waals surface area contributed by atoms with Crippen molar-refractivity contribution in [2.45, 2.75) is 0 Å². The fourth-order valence-electron chi connectivity index (χ4n) is 0. The van der Waals surface area contributed by atoms with E-state index in [0.29, 0.717) is 0 Å². The molecule has 0 aromatic rings. The minimum atomic E-state index is 0. The van der Waals surface area contributed by atoms with E-state index in [1.807, 2.05) is 0 Å². The molecular formula is H4P2W2. The summed E-state index contributed by atoms with van der Waals surface area (Å²) in [7, 11) is 4.67. The molecule has 0 amide bonds. The van der Waals surface area contributed by atoms with Crippen molar-refractivity contribution in [3.8, 4) is 0 Å². The maximum absolute atomic E-state index is 2.33. The molecule has 0 N–H and O–H groups in total. The predicted molar refractivity (Wildman–Crippen MR) is 19.4 cm³/mol. The second kappa shape index (κ2) is 18.8. The SMILES string of the molecule is PP.[W].[W]. The normalized spacial score (nSPS) is 1.50. The third kappa shape index (κ3) is 8.87. The van der Waals surface area contributed by atoms with E-state index < -0.39 is 0 Å². The summed E-state index contributed by atoms with van der Waals surface area (Å²) < 4.78 is 0. The fraction of sp³-hybridized carbons (Fsp3) is 0. The van der Waals surface area contributed by atoms with Crippen LogP contribution in [0.1, 0.15) is 0 Å². The minimum absolute atomic E-state index is 0. The molecule has 0 spiro atoms. The fourth-order valence-corrected chi connectivity index (χ4v) is 0. The third-order valence-electron chi connectivity index (χ3n) is 0. The van der Waals surface area contributed by atoms with Gasteiger partial charge in [0, 0.05) is 42.1 Å². The first-order valence-corrected chi connectivity index (χ1v) is 3.00. The van der Waals surface area contributed by atoms with E-state index in [-0.39, 0.29) is 42.1 Å². The second-order valence-corrected chi connectivity index (χ2v) is 0. The van der Waals surface area contributed by atoms with Gasteiger partial charge in [0.15, 0.2) is 0 Å². The molecule has 0 saturated carbocycles. The molecule has 0 bridgehead atoms. The van der Waals surface area contributed by atoms with Crippen molar-refractivity contribution in [2.24, 2.45) is 0 Å². The van der Waals surface area contributed by atoms with Crippen molar-refractivity contribution in [3.63, 3.8) is 0 Å². The van der Waals surface area contributed by atoms with Crippen molar-refractivity contribution < 1.29 is 42.1 Å². The first-order chi connectivity index (χ1) is 1.00. The molecular weight excluding hydrogens is 430 g/mol. The topological polar surface area (TPSA) is 0 Å². The Kier molecular flexibility index (Phi) is 76.7. The smallest absolute Gasteiger partial charge is 0 e. The molecule has 0 aliphatic heterocycles. The van der Waals surface area contributed by atoms with Crippen molar-refractivity contribution in [1.82, 2.24) is 0 Å². The van der Waals surface area contributed by atoms with E-state index in [0.717, 1.165) is 0 Å². The monoisotopic (exact) mass is 434 g/mol. The molecule has 0 nitrogen and oxygen atoms in total. The Bertz CT molecular complexity index is 4.00. The van der Waals surface area contributed by atoms with Crippen molar-refractivity contribution in [3.05, 3.63) is 0 Å². The van der Waals surface area contributed by atoms with Gasteiger partial charge in [-0.1, -0.05) is 0 Å². The van der Waals surface area contributed by atoms with E-state index in [4.69, 9.17) is 0 Å². The molecule has 0 aromatic heterocycles. The van der Waals surface area contributed by atoms with Crippen LogP contribution in [-0.2, 0) is 42.1 Å². The molecule has 2 atom stereocenters. The zero-order chi connectivity index (χ0) is 2.00. The van der Waals surface area contributed by atoms with Crippen molar-refractivity contribution >= 4 is 17.9 Å². The van der Waals surface area contributed by atoms with Crippen LogP contribution in [0.5, 0.6) is 0 Å². The Labute approximate surface area is 59.7 Å². The van der Waals surface area contributed by atoms with Crippen LogP contribution in [0.3, 0.4) is 0 Å². The van der Waals surface area contributed by atoms with E-state index >= 15 is 0 Å². The summed E-state index contributed by atoms with van der Waals surface area (Å²) >= 11 is 0. The molecule has 4 heavy (non-hydrogen) atoms. The van der Waals surface area contributed by atoms with Gasteiger partial charge in [0.25, 0.3) is 0 Å². The minimum Gasteiger partial charge on any atom is -0.118 e. The largest absolute Gasteiger partial charge is 0.118 e. The standard InChI is InChI=1S/H4P2.2W/c1-2;;/h1-2H2;;. The number of hydrogen-bond donors (Lipinski definition) is 0. The maximum atomic E-state index is 2.33. The first kappa shape index (κ1) is 16.3. The Hall–Kier alpha value is 2.24. The van der Waals surface area contributed by atoms with Crippen molar-refractivity contribution in [2.75, 3.05) is 0 Å². The van der Waals surface area contributed by atoms with Crippen LogP contribution >= 0.6 is 17.9 Å². The van der Waals surface area contributed by atoms with Crippen LogP contribution in [0.2, 0.25) is 0 Å². The summed E-state index contributed by atoms with van der Waals surface area (Å²) in [5, 5.41) is 0. The Morgan fingerprint density at radius 1 is 0.750 bits per heavy atom. The van der Waals surface area contributed by atoms with Gasteiger partial charge in [0.2, 0.25) is 0 Å². The summed E-state index contributed by atoms with van der Waals surface area (Å²) in [4.78, 5) is 0. The van der Waals surface area contributed by atoms with Gasteiger partial charge in [0.1, 0.15) is 0 Å². The third-order valence-corrected chi connectivity index (χ3v) is 0. The van der Waals surface area contributed by atoms with E-state index in [1.165, 1.54) is 0 Å². The van der Waals surface area contributed by atoms with Gasteiger partial charge < -0.3 is 0 Å². The summed E-state index contributed by atoms with van der Waals surface area (Å²) in [5.41, 5.74) is 0. The average molecular weight is 434 g/mol. The Balaban J connectivity index is -0.00000000500. The molecule has 2 unspecified atom stereocenters. The van der Waals surface area contributed by atoms with Crippen LogP contribution < -0.4 is 0 Å². The van der Waals surface area contributed by atoms with Crippen LogP contribution in [0.4, 0.5) is 0 Å². The van der Waals surface area contributed by atoms with Crippen LogP contribution in [0, 0.1) is 0 Å². The van der Waals surface area contributed by atoms with Crippen molar-refractivity contribution in [1.29, 1.82) is 0 Å². The summed E-state index contributed by atoms with van der Waals surface area (Å²) in [6.45, 7) is 0. The van der Waals surface area contributed by atoms with Gasteiger partial charge >= 0.3 is 0 Å². The van der Waals surface area contributed by atoms with E-state index in [1.54, 1.807) is 0 Å². The molecule has 4 heteroatoms. The molecule has 0 aromatic carbocycles. The summed E-state index contributed by atoms with van der Waals surface area (Å²) in [6.07, 6.45) is 0. The van der Waals surface area contributed by atoms with Crippen LogP contribution in [0.15, 0.2) is 0 Å². The van der Waals surface area contributed by atoms with Gasteiger partial charge in [-0.05, 0) is 0 Å². The van der Waals surface area contributed by atoms with Gasteiger partial charge in [0.05, 0.1) is 0 Å². The van der Waals surface area contributed by atoms with Gasteiger partial charge in [-0.15, -0.1) is 17.9 Å². The molecule has 0 saturated heterocycles. The van der Waals surface area contributed by atoms with Crippen LogP contribution in [-0.4, -0.2) is 0 Å². The molecule has 26 valence electrons. The van der Waals surface area contributed by atoms with Gasteiger partial charge in [-0.3, -0.25) is 0 Å². The van der Waals surface area contributed by atoms with Gasteiger partial charge in [-0.25, -0.2) is 0 Å².